The second kappa shape index (κ2) is 4.11. The molecule has 0 atom stereocenters. The summed E-state index contributed by atoms with van der Waals surface area (Å²) in [5, 5.41) is 10.4. The number of nitrogens with zero attached hydrogens (tertiary/aromatic N) is 1. The Morgan fingerprint density at radius 3 is 2.67 bits per heavy atom. The van der Waals surface area contributed by atoms with Crippen LogP contribution in [0.15, 0.2) is 29.2 Å². The van der Waals surface area contributed by atoms with Crippen molar-refractivity contribution in [3.8, 4) is 12.3 Å². The number of rotatable bonds is 3. The lowest BCUT2D eigenvalue weighted by Gasteiger charge is -1.99. The maximum absolute atomic E-state index is 11.4. The molecule has 0 heterocycles. The number of non-ortho nitro benzene ring substituents is 1. The molecule has 0 aromatic heterocycles. The molecule has 0 aliphatic carbocycles. The van der Waals surface area contributed by atoms with Crippen LogP contribution in [-0.4, -0.2) is 19.1 Å². The van der Waals surface area contributed by atoms with Crippen molar-refractivity contribution in [2.24, 2.45) is 0 Å². The highest BCUT2D eigenvalue weighted by molar-refractivity contribution is 7.91. The normalized spacial score (nSPS) is 10.6. The van der Waals surface area contributed by atoms with Crippen LogP contribution in [0.5, 0.6) is 0 Å². The largest absolute Gasteiger partial charge is 0.270 e. The van der Waals surface area contributed by atoms with E-state index in [0.717, 1.165) is 6.07 Å². The van der Waals surface area contributed by atoms with E-state index in [-0.39, 0.29) is 10.6 Å². The summed E-state index contributed by atoms with van der Waals surface area (Å²) in [5.41, 5.74) is -0.270. The molecule has 0 aliphatic rings. The molecule has 0 N–H and O–H groups in total. The van der Waals surface area contributed by atoms with E-state index >= 15 is 0 Å². The molecule has 1 aromatic carbocycles. The fourth-order valence-electron chi connectivity index (χ4n) is 0.984. The van der Waals surface area contributed by atoms with Crippen LogP contribution in [0.2, 0.25) is 0 Å². The van der Waals surface area contributed by atoms with Crippen molar-refractivity contribution in [1.82, 2.24) is 0 Å². The van der Waals surface area contributed by atoms with Gasteiger partial charge in [0, 0.05) is 12.1 Å². The van der Waals surface area contributed by atoms with Crippen molar-refractivity contribution >= 4 is 15.5 Å². The number of nitro benzene ring substituents is 1. The minimum Gasteiger partial charge on any atom is -0.258 e. The standard InChI is InChI=1S/C9H7NO4S/c1-2-6-15(13,14)9-5-3-4-8(7-9)10(11)12/h1,3-5,7H,6H2. The molecule has 0 bridgehead atoms. The number of hydrogen-bond donors (Lipinski definition) is 0. The van der Waals surface area contributed by atoms with E-state index in [2.05, 4.69) is 0 Å². The molecular weight excluding hydrogens is 218 g/mol. The predicted octanol–water partition coefficient (Wildman–Crippen LogP) is 1.00. The first kappa shape index (κ1) is 11.2. The van der Waals surface area contributed by atoms with Crippen LogP contribution in [0.4, 0.5) is 5.69 Å². The van der Waals surface area contributed by atoms with Gasteiger partial charge in [-0.15, -0.1) is 6.42 Å². The molecule has 0 saturated heterocycles. The van der Waals surface area contributed by atoms with Crippen molar-refractivity contribution in [2.45, 2.75) is 4.90 Å². The quantitative estimate of drug-likeness (QED) is 0.437. The second-order valence-electron chi connectivity index (χ2n) is 2.72. The van der Waals surface area contributed by atoms with Crippen LogP contribution in [0, 0.1) is 22.5 Å². The predicted molar refractivity (Wildman–Crippen MR) is 54.0 cm³/mol. The average molecular weight is 225 g/mol. The van der Waals surface area contributed by atoms with Gasteiger partial charge >= 0.3 is 0 Å². The molecule has 0 spiro atoms. The van der Waals surface area contributed by atoms with Gasteiger partial charge in [0.05, 0.1) is 9.82 Å². The third kappa shape index (κ3) is 2.54. The number of nitro groups is 1. The van der Waals surface area contributed by atoms with Crippen LogP contribution < -0.4 is 0 Å². The molecule has 0 fully saturated rings. The average Bonchev–Trinajstić information content (AvgIpc) is 2.18. The van der Waals surface area contributed by atoms with E-state index in [1.54, 1.807) is 0 Å². The Labute approximate surface area is 86.8 Å². The van der Waals surface area contributed by atoms with Gasteiger partial charge in [-0.2, -0.15) is 0 Å². The Morgan fingerprint density at radius 1 is 1.47 bits per heavy atom. The van der Waals surface area contributed by atoms with E-state index in [0.29, 0.717) is 0 Å². The van der Waals surface area contributed by atoms with Gasteiger partial charge in [-0.25, -0.2) is 8.42 Å². The van der Waals surface area contributed by atoms with Crippen molar-refractivity contribution < 1.29 is 13.3 Å². The Balaban J connectivity index is 3.24. The van der Waals surface area contributed by atoms with Gasteiger partial charge in [-0.05, 0) is 6.07 Å². The molecule has 1 rings (SSSR count). The Morgan fingerprint density at radius 2 is 2.13 bits per heavy atom. The Kier molecular flexibility index (Phi) is 3.07. The van der Waals surface area contributed by atoms with E-state index in [1.165, 1.54) is 18.2 Å². The molecular formula is C9H7NO4S. The van der Waals surface area contributed by atoms with Gasteiger partial charge in [0.15, 0.2) is 9.84 Å². The highest BCUT2D eigenvalue weighted by atomic mass is 32.2. The van der Waals surface area contributed by atoms with Crippen molar-refractivity contribution in [2.75, 3.05) is 5.75 Å². The summed E-state index contributed by atoms with van der Waals surface area (Å²) < 4.78 is 22.9. The number of benzene rings is 1. The summed E-state index contributed by atoms with van der Waals surface area (Å²) in [4.78, 5) is 9.62. The van der Waals surface area contributed by atoms with Crippen LogP contribution >= 0.6 is 0 Å². The maximum atomic E-state index is 11.4. The van der Waals surface area contributed by atoms with E-state index in [9.17, 15) is 18.5 Å². The molecule has 0 amide bonds. The van der Waals surface area contributed by atoms with Crippen molar-refractivity contribution in [3.63, 3.8) is 0 Å². The number of sulfone groups is 1. The summed E-state index contributed by atoms with van der Waals surface area (Å²) in [6.07, 6.45) is 4.89. The monoisotopic (exact) mass is 225 g/mol. The maximum Gasteiger partial charge on any atom is 0.270 e. The number of hydrogen-bond acceptors (Lipinski definition) is 4. The Bertz CT molecular complexity index is 527. The molecule has 5 nitrogen and oxygen atoms in total. The van der Waals surface area contributed by atoms with Gasteiger partial charge in [0.2, 0.25) is 0 Å². The van der Waals surface area contributed by atoms with Crippen molar-refractivity contribution in [1.29, 1.82) is 0 Å². The molecule has 6 heteroatoms. The lowest BCUT2D eigenvalue weighted by atomic mass is 10.3. The van der Waals surface area contributed by atoms with Crippen LogP contribution in [-0.2, 0) is 9.84 Å². The minimum absolute atomic E-state index is 0.130. The minimum atomic E-state index is -3.61. The van der Waals surface area contributed by atoms with Crippen molar-refractivity contribution in [3.05, 3.63) is 34.4 Å². The summed E-state index contributed by atoms with van der Waals surface area (Å²) >= 11 is 0. The van der Waals surface area contributed by atoms with Crippen LogP contribution in [0.1, 0.15) is 0 Å². The van der Waals surface area contributed by atoms with Gasteiger partial charge < -0.3 is 0 Å². The van der Waals surface area contributed by atoms with E-state index < -0.39 is 20.5 Å². The molecule has 15 heavy (non-hydrogen) atoms. The highest BCUT2D eigenvalue weighted by Crippen LogP contribution is 2.17. The first-order chi connectivity index (χ1) is 6.97. The summed E-state index contributed by atoms with van der Waals surface area (Å²) in [7, 11) is -3.61. The zero-order valence-electron chi connectivity index (χ0n) is 7.58. The van der Waals surface area contributed by atoms with E-state index in [4.69, 9.17) is 6.42 Å². The molecule has 78 valence electrons. The molecule has 0 unspecified atom stereocenters. The third-order valence-corrected chi connectivity index (χ3v) is 3.18. The molecule has 0 radical (unpaired) electrons. The van der Waals surface area contributed by atoms with Gasteiger partial charge in [-0.3, -0.25) is 10.1 Å². The molecule has 0 saturated carbocycles. The lowest BCUT2D eigenvalue weighted by molar-refractivity contribution is -0.385. The summed E-state index contributed by atoms with van der Waals surface area (Å²) in [5.74, 6) is 1.53. The third-order valence-electron chi connectivity index (χ3n) is 1.66. The first-order valence-electron chi connectivity index (χ1n) is 3.88. The van der Waals surface area contributed by atoms with Crippen LogP contribution in [0.25, 0.3) is 0 Å². The Hall–Kier alpha value is -1.87. The summed E-state index contributed by atoms with van der Waals surface area (Å²) in [6.45, 7) is 0. The van der Waals surface area contributed by atoms with Gasteiger partial charge in [0.1, 0.15) is 5.75 Å². The van der Waals surface area contributed by atoms with E-state index in [1.807, 2.05) is 5.92 Å². The SMILES string of the molecule is C#CCS(=O)(=O)c1cccc([N+](=O)[O-])c1. The zero-order valence-corrected chi connectivity index (χ0v) is 8.40. The van der Waals surface area contributed by atoms with Crippen LogP contribution in [0.3, 0.4) is 0 Å². The molecule has 1 aromatic rings. The fraction of sp³-hybridized carbons (Fsp3) is 0.111. The van der Waals surface area contributed by atoms with Gasteiger partial charge in [0.25, 0.3) is 5.69 Å². The smallest absolute Gasteiger partial charge is 0.258 e. The first-order valence-corrected chi connectivity index (χ1v) is 5.53. The zero-order chi connectivity index (χ0) is 11.5. The summed E-state index contributed by atoms with van der Waals surface area (Å²) in [6, 6.07) is 4.79. The second-order valence-corrected chi connectivity index (χ2v) is 4.71. The number of terminal acetylenes is 1. The fourth-order valence-corrected chi connectivity index (χ4v) is 1.96. The topological polar surface area (TPSA) is 77.3 Å². The highest BCUT2D eigenvalue weighted by Gasteiger charge is 2.16. The molecule has 0 aliphatic heterocycles. The lowest BCUT2D eigenvalue weighted by Crippen LogP contribution is -2.05. The van der Waals surface area contributed by atoms with Gasteiger partial charge in [-0.1, -0.05) is 12.0 Å².